The first-order valence-corrected chi connectivity index (χ1v) is 7.80. The molecule has 0 radical (unpaired) electrons. The molecule has 120 valence electrons. The van der Waals surface area contributed by atoms with Gasteiger partial charge in [-0.05, 0) is 33.6 Å². The van der Waals surface area contributed by atoms with E-state index in [1.807, 2.05) is 13.8 Å². The fraction of sp³-hybridized carbons (Fsp3) is 0.750. The Hall–Kier alpha value is -1.36. The zero-order valence-corrected chi connectivity index (χ0v) is 14.2. The predicted molar refractivity (Wildman–Crippen MR) is 89.0 cm³/mol. The molecule has 3 N–H and O–H groups in total. The third kappa shape index (κ3) is 5.50. The van der Waals surface area contributed by atoms with Crippen LogP contribution in [0.5, 0.6) is 0 Å². The summed E-state index contributed by atoms with van der Waals surface area (Å²) in [6.07, 6.45) is 1.46. The molecule has 1 heterocycles. The van der Waals surface area contributed by atoms with Crippen molar-refractivity contribution in [1.29, 1.82) is 0 Å². The van der Waals surface area contributed by atoms with Gasteiger partial charge < -0.3 is 15.7 Å². The lowest BCUT2D eigenvalue weighted by Gasteiger charge is -2.21. The summed E-state index contributed by atoms with van der Waals surface area (Å²) in [6, 6.07) is 0. The molecule has 1 rings (SSSR count). The van der Waals surface area contributed by atoms with E-state index in [1.165, 1.54) is 0 Å². The Morgan fingerprint density at radius 3 is 2.19 bits per heavy atom. The van der Waals surface area contributed by atoms with E-state index in [-0.39, 0.29) is 11.5 Å². The molecule has 0 aliphatic carbocycles. The van der Waals surface area contributed by atoms with Crippen LogP contribution in [0.3, 0.4) is 0 Å². The fourth-order valence-corrected chi connectivity index (χ4v) is 1.97. The number of rotatable bonds is 7. The summed E-state index contributed by atoms with van der Waals surface area (Å²) in [4.78, 5) is 9.33. The van der Waals surface area contributed by atoms with Gasteiger partial charge in [-0.15, -0.1) is 0 Å². The van der Waals surface area contributed by atoms with Crippen LogP contribution < -0.4 is 10.6 Å². The Morgan fingerprint density at radius 1 is 1.14 bits per heavy atom. The third-order valence-electron chi connectivity index (χ3n) is 3.25. The smallest absolute Gasteiger partial charge is 0.138 e. The molecule has 0 spiro atoms. The van der Waals surface area contributed by atoms with Crippen molar-refractivity contribution in [2.24, 2.45) is 0 Å². The van der Waals surface area contributed by atoms with Crippen LogP contribution in [0.1, 0.15) is 58.8 Å². The second-order valence-corrected chi connectivity index (χ2v) is 6.57. The summed E-state index contributed by atoms with van der Waals surface area (Å²) in [7, 11) is 0. The Balaban J connectivity index is 2.92. The predicted octanol–water partition coefficient (Wildman–Crippen LogP) is 3.09. The number of hydrogen-bond acceptors (Lipinski definition) is 5. The van der Waals surface area contributed by atoms with Gasteiger partial charge in [-0.2, -0.15) is 0 Å². The quantitative estimate of drug-likeness (QED) is 0.674. The number of aliphatic hydroxyl groups excluding tert-OH is 1. The first kappa shape index (κ1) is 17.7. The Labute approximate surface area is 128 Å². The van der Waals surface area contributed by atoms with Gasteiger partial charge >= 0.3 is 0 Å². The number of nitrogens with one attached hydrogen (secondary N) is 2. The number of aromatic nitrogens is 2. The minimum absolute atomic E-state index is 0.0894. The Morgan fingerprint density at radius 2 is 1.71 bits per heavy atom. The van der Waals surface area contributed by atoms with E-state index in [0.29, 0.717) is 0 Å². The van der Waals surface area contributed by atoms with Gasteiger partial charge in [0.25, 0.3) is 0 Å². The number of aliphatic hydroxyl groups is 1. The van der Waals surface area contributed by atoms with Crippen molar-refractivity contribution < 1.29 is 5.11 Å². The van der Waals surface area contributed by atoms with Gasteiger partial charge in [0.15, 0.2) is 0 Å². The molecule has 1 aromatic heterocycles. The van der Waals surface area contributed by atoms with E-state index >= 15 is 0 Å². The van der Waals surface area contributed by atoms with E-state index in [4.69, 9.17) is 0 Å². The second-order valence-electron chi connectivity index (χ2n) is 6.57. The van der Waals surface area contributed by atoms with Crippen molar-refractivity contribution in [3.8, 4) is 0 Å². The maximum absolute atomic E-state index is 9.31. The van der Waals surface area contributed by atoms with Crippen LogP contribution in [0.2, 0.25) is 0 Å². The summed E-state index contributed by atoms with van der Waals surface area (Å²) in [5.41, 5.74) is 0.954. The molecule has 0 saturated carbocycles. The highest BCUT2D eigenvalue weighted by molar-refractivity contribution is 5.57. The maximum atomic E-state index is 9.31. The van der Waals surface area contributed by atoms with Gasteiger partial charge in [0.1, 0.15) is 17.5 Å². The standard InChI is InChI=1S/C16H30N4O/c1-7-17-13-12(3)14(18-10-8-9-11(2)21)20-15(19-13)16(4,5)6/h11,21H,7-10H2,1-6H3,(H2,17,18,19,20). The average Bonchev–Trinajstić information content (AvgIpc) is 2.37. The molecule has 21 heavy (non-hydrogen) atoms. The monoisotopic (exact) mass is 294 g/mol. The van der Waals surface area contributed by atoms with Crippen LogP contribution in [0.25, 0.3) is 0 Å². The van der Waals surface area contributed by atoms with Crippen molar-refractivity contribution in [2.45, 2.75) is 65.9 Å². The molecule has 0 saturated heterocycles. The molecule has 0 bridgehead atoms. The molecular formula is C16H30N4O. The topological polar surface area (TPSA) is 70.1 Å². The van der Waals surface area contributed by atoms with E-state index in [2.05, 4.69) is 48.3 Å². The summed E-state index contributed by atoms with van der Waals surface area (Å²) in [5, 5.41) is 16.0. The van der Waals surface area contributed by atoms with Crippen molar-refractivity contribution in [3.63, 3.8) is 0 Å². The van der Waals surface area contributed by atoms with E-state index in [0.717, 1.165) is 49.0 Å². The molecule has 0 aliphatic rings. The summed E-state index contributed by atoms with van der Waals surface area (Å²) in [6.45, 7) is 13.9. The molecule has 0 amide bonds. The molecule has 5 nitrogen and oxygen atoms in total. The molecular weight excluding hydrogens is 264 g/mol. The van der Waals surface area contributed by atoms with Crippen molar-refractivity contribution in [2.75, 3.05) is 23.7 Å². The molecule has 1 unspecified atom stereocenters. The van der Waals surface area contributed by atoms with Crippen LogP contribution in [0.4, 0.5) is 11.6 Å². The highest BCUT2D eigenvalue weighted by atomic mass is 16.3. The number of nitrogens with zero attached hydrogens (tertiary/aromatic N) is 2. The summed E-state index contributed by atoms with van der Waals surface area (Å²) < 4.78 is 0. The van der Waals surface area contributed by atoms with Gasteiger partial charge in [0.2, 0.25) is 0 Å². The first-order valence-electron chi connectivity index (χ1n) is 7.80. The molecule has 0 fully saturated rings. The van der Waals surface area contributed by atoms with E-state index in [9.17, 15) is 5.11 Å². The Kier molecular flexibility index (Phi) is 6.40. The minimum atomic E-state index is -0.249. The molecule has 5 heteroatoms. The number of anilines is 2. The summed E-state index contributed by atoms with van der Waals surface area (Å²) >= 11 is 0. The molecule has 0 aromatic carbocycles. The summed E-state index contributed by atoms with van der Waals surface area (Å²) in [5.74, 6) is 2.62. The first-order chi connectivity index (χ1) is 9.75. The minimum Gasteiger partial charge on any atom is -0.393 e. The van der Waals surface area contributed by atoms with Crippen LogP contribution in [0.15, 0.2) is 0 Å². The highest BCUT2D eigenvalue weighted by Crippen LogP contribution is 2.26. The van der Waals surface area contributed by atoms with Crippen LogP contribution in [-0.4, -0.2) is 34.3 Å². The van der Waals surface area contributed by atoms with Crippen LogP contribution >= 0.6 is 0 Å². The number of hydrogen-bond donors (Lipinski definition) is 3. The third-order valence-corrected chi connectivity index (χ3v) is 3.25. The zero-order chi connectivity index (χ0) is 16.0. The van der Waals surface area contributed by atoms with Gasteiger partial charge in [0, 0.05) is 24.1 Å². The van der Waals surface area contributed by atoms with E-state index in [1.54, 1.807) is 0 Å². The lowest BCUT2D eigenvalue weighted by molar-refractivity contribution is 0.183. The SMILES string of the molecule is CCNc1nc(C(C)(C)C)nc(NCCCC(C)O)c1C. The second kappa shape index (κ2) is 7.59. The fourth-order valence-electron chi connectivity index (χ4n) is 1.97. The maximum Gasteiger partial charge on any atom is 0.138 e. The highest BCUT2D eigenvalue weighted by Gasteiger charge is 2.20. The molecule has 0 aliphatic heterocycles. The Bertz CT molecular complexity index is 452. The average molecular weight is 294 g/mol. The van der Waals surface area contributed by atoms with Gasteiger partial charge in [-0.25, -0.2) is 9.97 Å². The van der Waals surface area contributed by atoms with E-state index < -0.39 is 0 Å². The lowest BCUT2D eigenvalue weighted by Crippen LogP contribution is -2.20. The van der Waals surface area contributed by atoms with Crippen LogP contribution in [-0.2, 0) is 5.41 Å². The van der Waals surface area contributed by atoms with Crippen molar-refractivity contribution in [3.05, 3.63) is 11.4 Å². The normalized spacial score (nSPS) is 13.1. The zero-order valence-electron chi connectivity index (χ0n) is 14.2. The lowest BCUT2D eigenvalue weighted by atomic mass is 9.95. The van der Waals surface area contributed by atoms with Crippen molar-refractivity contribution >= 4 is 11.6 Å². The largest absolute Gasteiger partial charge is 0.393 e. The van der Waals surface area contributed by atoms with Gasteiger partial charge in [-0.1, -0.05) is 20.8 Å². The van der Waals surface area contributed by atoms with Crippen molar-refractivity contribution in [1.82, 2.24) is 9.97 Å². The van der Waals surface area contributed by atoms with Gasteiger partial charge in [-0.3, -0.25) is 0 Å². The molecule has 1 atom stereocenters. The van der Waals surface area contributed by atoms with Gasteiger partial charge in [0.05, 0.1) is 6.10 Å². The molecule has 1 aromatic rings. The van der Waals surface area contributed by atoms with Crippen LogP contribution in [0, 0.1) is 6.92 Å².